The van der Waals surface area contributed by atoms with Crippen molar-refractivity contribution in [3.63, 3.8) is 0 Å². The SMILES string of the molecule is [2H]c1c([2H])c([2H])c(-c2c([2H])c([2H])c(N(c3cc(-c4ccccc4-n4c5ccccc5c5ccccc54)c4oc5ccccc5c4c3)c3c([2H])c([2H])c([2H])c([2H])c3[2H])c([2H])c2[2H])c([2H])c1[2H]. The molecule has 10 rings (SSSR count). The highest BCUT2D eigenvalue weighted by Crippen LogP contribution is 2.45. The van der Waals surface area contributed by atoms with Gasteiger partial charge in [0.25, 0.3) is 0 Å². The van der Waals surface area contributed by atoms with Crippen LogP contribution in [0.25, 0.3) is 71.7 Å². The Morgan fingerprint density at radius 1 is 0.451 bits per heavy atom. The fourth-order valence-electron chi connectivity index (χ4n) is 6.86. The summed E-state index contributed by atoms with van der Waals surface area (Å²) in [5.41, 5.74) is 2.60. The lowest BCUT2D eigenvalue weighted by molar-refractivity contribution is 0.670. The molecule has 0 amide bonds. The van der Waals surface area contributed by atoms with Gasteiger partial charge in [-0.05, 0) is 71.7 Å². The predicted octanol–water partition coefficient (Wildman–Crippen LogP) is 13.5. The minimum Gasteiger partial charge on any atom is -0.455 e. The Morgan fingerprint density at radius 3 is 1.75 bits per heavy atom. The summed E-state index contributed by atoms with van der Waals surface area (Å²) < 4.78 is 133. The summed E-state index contributed by atoms with van der Waals surface area (Å²) >= 11 is 0. The smallest absolute Gasteiger partial charge is 0.143 e. The number of para-hydroxylation sites is 5. The highest BCUT2D eigenvalue weighted by Gasteiger charge is 2.22. The highest BCUT2D eigenvalue weighted by molar-refractivity contribution is 6.13. The van der Waals surface area contributed by atoms with Crippen LogP contribution in [0.1, 0.15) is 19.2 Å². The highest BCUT2D eigenvalue weighted by atomic mass is 16.3. The minimum atomic E-state index is -0.788. The predicted molar refractivity (Wildman–Crippen MR) is 214 cm³/mol. The van der Waals surface area contributed by atoms with E-state index in [0.717, 1.165) is 32.4 Å². The molecule has 0 fully saturated rings. The van der Waals surface area contributed by atoms with Crippen LogP contribution in [0.15, 0.2) is 198 Å². The first kappa shape index (κ1) is 18.2. The third-order valence-corrected chi connectivity index (χ3v) is 9.03. The standard InChI is InChI=1S/C48H32N2O/c1-3-15-33(16-4-1)34-27-29-36(30-28-34)49(35-17-5-2-6-18-35)37-31-42(48-43(32-37)41-22-10-14-26-47(41)51-48)40-21-9-13-25-46(40)50-44-23-11-7-19-38(44)39-20-8-12-24-45(39)50/h1-32H/i1D,2D,3D,4D,5D,6D,15D,16D,17D,18D,27D,28D,29D,30D. The Kier molecular flexibility index (Phi) is 4.27. The van der Waals surface area contributed by atoms with Gasteiger partial charge in [0, 0.05) is 49.7 Å². The van der Waals surface area contributed by atoms with Crippen molar-refractivity contribution < 1.29 is 23.6 Å². The van der Waals surface area contributed by atoms with Gasteiger partial charge in [-0.3, -0.25) is 0 Å². The molecule has 3 nitrogen and oxygen atoms in total. The van der Waals surface area contributed by atoms with Crippen LogP contribution in [0.5, 0.6) is 0 Å². The molecule has 0 saturated carbocycles. The monoisotopic (exact) mass is 666 g/mol. The summed E-state index contributed by atoms with van der Waals surface area (Å²) in [6.45, 7) is 0. The molecule has 0 radical (unpaired) electrons. The molecule has 240 valence electrons. The van der Waals surface area contributed by atoms with Gasteiger partial charge in [0.1, 0.15) is 11.2 Å². The van der Waals surface area contributed by atoms with Crippen molar-refractivity contribution in [2.24, 2.45) is 0 Å². The molecule has 3 heteroatoms. The Morgan fingerprint density at radius 2 is 1.02 bits per heavy atom. The summed E-state index contributed by atoms with van der Waals surface area (Å²) in [4.78, 5) is 1.11. The molecule has 8 aromatic carbocycles. The number of rotatable bonds is 6. The molecule has 0 saturated heterocycles. The van der Waals surface area contributed by atoms with E-state index >= 15 is 0 Å². The average molecular weight is 667 g/mol. The number of hydrogen-bond donors (Lipinski definition) is 0. The maximum Gasteiger partial charge on any atom is 0.143 e. The van der Waals surface area contributed by atoms with Crippen LogP contribution < -0.4 is 4.90 Å². The van der Waals surface area contributed by atoms with E-state index in [1.54, 1.807) is 18.2 Å². The Bertz CT molecular complexity index is 3550. The lowest BCUT2D eigenvalue weighted by Crippen LogP contribution is -2.10. The van der Waals surface area contributed by atoms with Crippen LogP contribution in [0.4, 0.5) is 17.1 Å². The van der Waals surface area contributed by atoms with Crippen molar-refractivity contribution in [1.82, 2.24) is 4.57 Å². The number of fused-ring (bicyclic) bond motifs is 6. The zero-order valence-electron chi connectivity index (χ0n) is 40.7. The van der Waals surface area contributed by atoms with Crippen LogP contribution in [0.3, 0.4) is 0 Å². The topological polar surface area (TPSA) is 21.3 Å². The van der Waals surface area contributed by atoms with Crippen molar-refractivity contribution in [2.75, 3.05) is 4.90 Å². The van der Waals surface area contributed by atoms with E-state index in [9.17, 15) is 8.22 Å². The van der Waals surface area contributed by atoms with E-state index in [1.807, 2.05) is 91.0 Å². The zero-order chi connectivity index (χ0) is 45.9. The van der Waals surface area contributed by atoms with Crippen LogP contribution in [-0.4, -0.2) is 4.57 Å². The van der Waals surface area contributed by atoms with Gasteiger partial charge < -0.3 is 13.9 Å². The maximum atomic E-state index is 9.54. The van der Waals surface area contributed by atoms with E-state index in [0.29, 0.717) is 33.1 Å². The maximum absolute atomic E-state index is 9.54. The van der Waals surface area contributed by atoms with Crippen molar-refractivity contribution in [2.45, 2.75) is 0 Å². The van der Waals surface area contributed by atoms with Crippen LogP contribution in [0.2, 0.25) is 0 Å². The quantitative estimate of drug-likeness (QED) is 0.176. The normalized spacial score (nSPS) is 15.4. The molecular weight excluding hydrogens is 621 g/mol. The lowest BCUT2D eigenvalue weighted by atomic mass is 9.98. The van der Waals surface area contributed by atoms with Gasteiger partial charge >= 0.3 is 0 Å². The van der Waals surface area contributed by atoms with E-state index in [1.165, 1.54) is 0 Å². The summed E-state index contributed by atoms with van der Waals surface area (Å²) in [5, 5.41) is 3.21. The number of nitrogens with zero attached hydrogens (tertiary/aromatic N) is 2. The van der Waals surface area contributed by atoms with E-state index in [-0.39, 0.29) is 5.69 Å². The first-order valence-electron chi connectivity index (χ1n) is 23.2. The fourth-order valence-corrected chi connectivity index (χ4v) is 6.86. The van der Waals surface area contributed by atoms with Gasteiger partial charge in [-0.2, -0.15) is 0 Å². The number of aromatic nitrogens is 1. The van der Waals surface area contributed by atoms with Crippen LogP contribution in [0, 0.1) is 0 Å². The van der Waals surface area contributed by atoms with Gasteiger partial charge in [-0.15, -0.1) is 0 Å². The molecule has 0 unspecified atom stereocenters. The number of furan rings is 1. The molecule has 0 spiro atoms. The molecule has 0 bridgehead atoms. The van der Waals surface area contributed by atoms with E-state index < -0.39 is 107 Å². The molecule has 2 aromatic heterocycles. The van der Waals surface area contributed by atoms with Crippen molar-refractivity contribution in [3.8, 4) is 27.9 Å². The largest absolute Gasteiger partial charge is 0.455 e. The van der Waals surface area contributed by atoms with Crippen molar-refractivity contribution >= 4 is 60.8 Å². The minimum absolute atomic E-state index is 0.0750. The molecule has 51 heavy (non-hydrogen) atoms. The molecule has 0 N–H and O–H groups in total. The van der Waals surface area contributed by atoms with Gasteiger partial charge in [-0.1, -0.05) is 133 Å². The molecule has 0 atom stereocenters. The number of benzene rings is 8. The van der Waals surface area contributed by atoms with Crippen molar-refractivity contribution in [3.05, 3.63) is 194 Å². The van der Waals surface area contributed by atoms with Crippen LogP contribution >= 0.6 is 0 Å². The summed E-state index contributed by atoms with van der Waals surface area (Å²) in [6.07, 6.45) is 0. The van der Waals surface area contributed by atoms with Gasteiger partial charge in [-0.25, -0.2) is 0 Å². The molecule has 0 aliphatic heterocycles. The third kappa shape index (κ3) is 4.82. The number of hydrogen-bond acceptors (Lipinski definition) is 2. The average Bonchev–Trinajstić information content (AvgIpc) is 3.87. The van der Waals surface area contributed by atoms with Gasteiger partial charge in [0.15, 0.2) is 0 Å². The van der Waals surface area contributed by atoms with E-state index in [4.69, 9.17) is 15.4 Å². The molecule has 10 aromatic rings. The Balaban J connectivity index is 1.34. The first-order valence-corrected chi connectivity index (χ1v) is 16.2. The Hall–Kier alpha value is -6.84. The van der Waals surface area contributed by atoms with E-state index in [2.05, 4.69) is 4.57 Å². The van der Waals surface area contributed by atoms with Gasteiger partial charge in [0.05, 0.1) is 35.9 Å². The second-order valence-corrected chi connectivity index (χ2v) is 11.9. The Labute approximate surface area is 315 Å². The first-order chi connectivity index (χ1) is 31.1. The fraction of sp³-hybridized carbons (Fsp3) is 0. The van der Waals surface area contributed by atoms with Gasteiger partial charge in [0.2, 0.25) is 0 Å². The second kappa shape index (κ2) is 11.9. The molecule has 0 aliphatic carbocycles. The molecular formula is C48H32N2O. The molecule has 2 heterocycles. The summed E-state index contributed by atoms with van der Waals surface area (Å²) in [6, 6.07) is 23.9. The number of anilines is 3. The summed E-state index contributed by atoms with van der Waals surface area (Å²) in [5.74, 6) is 0. The third-order valence-electron chi connectivity index (χ3n) is 9.03. The van der Waals surface area contributed by atoms with Crippen LogP contribution in [-0.2, 0) is 0 Å². The second-order valence-electron chi connectivity index (χ2n) is 11.9. The molecule has 0 aliphatic rings. The zero-order valence-corrected chi connectivity index (χ0v) is 26.7. The lowest BCUT2D eigenvalue weighted by Gasteiger charge is -2.26. The summed E-state index contributed by atoms with van der Waals surface area (Å²) in [7, 11) is 0. The van der Waals surface area contributed by atoms with Crippen molar-refractivity contribution in [1.29, 1.82) is 0 Å².